The molecule has 126 valence electrons. The van der Waals surface area contributed by atoms with Gasteiger partial charge in [-0.1, -0.05) is 0 Å². The van der Waals surface area contributed by atoms with Crippen molar-refractivity contribution in [3.8, 4) is 0 Å². The van der Waals surface area contributed by atoms with Crippen molar-refractivity contribution in [2.45, 2.75) is 12.5 Å². The van der Waals surface area contributed by atoms with Crippen molar-refractivity contribution in [3.63, 3.8) is 0 Å². The van der Waals surface area contributed by atoms with Crippen LogP contribution >= 0.6 is 7.60 Å². The van der Waals surface area contributed by atoms with Crippen LogP contribution in [0, 0.1) is 0 Å². The van der Waals surface area contributed by atoms with Crippen LogP contribution in [0.4, 0.5) is 5.82 Å². The molecule has 0 saturated heterocycles. The number of methoxy groups -OCH3 is 1. The third-order valence-corrected chi connectivity index (χ3v) is 3.50. The van der Waals surface area contributed by atoms with Gasteiger partial charge in [-0.2, -0.15) is 0 Å². The van der Waals surface area contributed by atoms with Gasteiger partial charge in [0, 0.05) is 0 Å². The van der Waals surface area contributed by atoms with Crippen LogP contribution in [0.5, 0.6) is 0 Å². The Morgan fingerprint density at radius 1 is 1.43 bits per heavy atom. The van der Waals surface area contributed by atoms with Gasteiger partial charge >= 0.3 is 13.6 Å². The molecule has 12 heteroatoms. The molecule has 2 aromatic heterocycles. The molecule has 0 amide bonds. The third-order valence-electron chi connectivity index (χ3n) is 2.98. The number of rotatable bonds is 7. The first-order valence-corrected chi connectivity index (χ1v) is 8.23. The standard InChI is InChI=1S/C11H16N5O6P/c1-21-8(17)2-7(3-22-6-23(18,19)20)16-5-15-9-10(12)13-4-14-11(9)16/h4-5,7H,2-3,6H2,1H3,(H2,12,13,14)(H2,18,19,20). The minimum atomic E-state index is -4.30. The van der Waals surface area contributed by atoms with Crippen LogP contribution in [0.1, 0.15) is 12.5 Å². The Balaban J connectivity index is 2.26. The van der Waals surface area contributed by atoms with Gasteiger partial charge in [-0.3, -0.25) is 9.36 Å². The maximum atomic E-state index is 11.6. The lowest BCUT2D eigenvalue weighted by Gasteiger charge is -2.18. The highest BCUT2D eigenvalue weighted by Crippen LogP contribution is 2.34. The molecule has 0 aliphatic heterocycles. The zero-order chi connectivity index (χ0) is 17.0. The number of aromatic nitrogens is 4. The Kier molecular flexibility index (Phi) is 5.26. The first-order chi connectivity index (χ1) is 10.8. The molecular weight excluding hydrogens is 329 g/mol. The topological polar surface area (TPSA) is 163 Å². The van der Waals surface area contributed by atoms with Crippen LogP contribution in [0.3, 0.4) is 0 Å². The lowest BCUT2D eigenvalue weighted by molar-refractivity contribution is -0.141. The lowest BCUT2D eigenvalue weighted by Crippen LogP contribution is -2.20. The van der Waals surface area contributed by atoms with Crippen LogP contribution in [-0.4, -0.2) is 55.3 Å². The van der Waals surface area contributed by atoms with Crippen LogP contribution in [0.2, 0.25) is 0 Å². The van der Waals surface area contributed by atoms with Crippen molar-refractivity contribution in [1.82, 2.24) is 19.5 Å². The van der Waals surface area contributed by atoms with Crippen LogP contribution in [0.25, 0.3) is 11.2 Å². The van der Waals surface area contributed by atoms with Crippen molar-refractivity contribution < 1.29 is 28.6 Å². The summed E-state index contributed by atoms with van der Waals surface area (Å²) in [5, 5.41) is 0. The van der Waals surface area contributed by atoms with Gasteiger partial charge in [0.05, 0.1) is 32.5 Å². The minimum absolute atomic E-state index is 0.0903. The Labute approximate surface area is 130 Å². The number of imidazole rings is 1. The van der Waals surface area contributed by atoms with Gasteiger partial charge in [0.15, 0.2) is 11.5 Å². The number of hydrogen-bond donors (Lipinski definition) is 3. The van der Waals surface area contributed by atoms with E-state index >= 15 is 0 Å². The SMILES string of the molecule is COC(=O)CC(COCP(=O)(O)O)n1cnc2c(N)ncnc21. The summed E-state index contributed by atoms with van der Waals surface area (Å²) in [5.74, 6) is -0.333. The number of carbonyl (C=O) groups is 1. The van der Waals surface area contributed by atoms with Crippen molar-refractivity contribution in [3.05, 3.63) is 12.7 Å². The number of carbonyl (C=O) groups excluding carboxylic acids is 1. The summed E-state index contributed by atoms with van der Waals surface area (Å²) in [7, 11) is -3.07. The van der Waals surface area contributed by atoms with Crippen LogP contribution in [-0.2, 0) is 18.8 Å². The molecule has 4 N–H and O–H groups in total. The largest absolute Gasteiger partial charge is 0.469 e. The molecule has 2 aromatic rings. The van der Waals surface area contributed by atoms with Crippen LogP contribution in [0.15, 0.2) is 12.7 Å². The van der Waals surface area contributed by atoms with E-state index in [4.69, 9.17) is 20.3 Å². The number of nitrogen functional groups attached to an aromatic ring is 1. The van der Waals surface area contributed by atoms with E-state index < -0.39 is 26.0 Å². The zero-order valence-corrected chi connectivity index (χ0v) is 13.1. The van der Waals surface area contributed by atoms with Crippen molar-refractivity contribution in [2.24, 2.45) is 0 Å². The highest BCUT2D eigenvalue weighted by atomic mass is 31.2. The van der Waals surface area contributed by atoms with Gasteiger partial charge in [-0.25, -0.2) is 15.0 Å². The summed E-state index contributed by atoms with van der Waals surface area (Å²) in [5.41, 5.74) is 6.44. The van der Waals surface area contributed by atoms with Gasteiger partial charge in [-0.05, 0) is 0 Å². The predicted molar refractivity (Wildman–Crippen MR) is 78.3 cm³/mol. The molecule has 0 saturated carbocycles. The Morgan fingerprint density at radius 3 is 2.83 bits per heavy atom. The highest BCUT2D eigenvalue weighted by molar-refractivity contribution is 7.51. The second-order valence-corrected chi connectivity index (χ2v) is 6.27. The fourth-order valence-corrected chi connectivity index (χ4v) is 2.30. The maximum Gasteiger partial charge on any atom is 0.350 e. The Hall–Kier alpha value is -2.07. The summed E-state index contributed by atoms with van der Waals surface area (Å²) < 4.78 is 22.0. The Morgan fingerprint density at radius 2 is 2.17 bits per heavy atom. The van der Waals surface area contributed by atoms with Crippen LogP contribution < -0.4 is 5.73 Å². The summed E-state index contributed by atoms with van der Waals surface area (Å²) >= 11 is 0. The molecule has 23 heavy (non-hydrogen) atoms. The number of anilines is 1. The number of nitrogens with zero attached hydrogens (tertiary/aromatic N) is 4. The first-order valence-electron chi connectivity index (χ1n) is 6.44. The number of fused-ring (bicyclic) bond motifs is 1. The van der Waals surface area contributed by atoms with Gasteiger partial charge < -0.3 is 29.6 Å². The first kappa shape index (κ1) is 17.3. The molecule has 0 radical (unpaired) electrons. The number of ether oxygens (including phenoxy) is 2. The highest BCUT2D eigenvalue weighted by Gasteiger charge is 2.22. The molecule has 0 aliphatic rings. The van der Waals surface area contributed by atoms with E-state index in [0.29, 0.717) is 11.2 Å². The molecule has 0 aliphatic carbocycles. The van der Waals surface area contributed by atoms with Gasteiger partial charge in [0.1, 0.15) is 18.2 Å². The van der Waals surface area contributed by atoms with Gasteiger partial charge in [0.25, 0.3) is 0 Å². The number of hydrogen-bond acceptors (Lipinski definition) is 8. The van der Waals surface area contributed by atoms with E-state index in [0.717, 1.165) is 0 Å². The van der Waals surface area contributed by atoms with Crippen molar-refractivity contribution in [2.75, 3.05) is 25.8 Å². The summed E-state index contributed by atoms with van der Waals surface area (Å²) in [6.07, 6.45) is 1.81. The zero-order valence-electron chi connectivity index (χ0n) is 12.2. The molecule has 1 unspecified atom stereocenters. The second kappa shape index (κ2) is 7.01. The molecule has 0 spiro atoms. The van der Waals surface area contributed by atoms with Gasteiger partial charge in [-0.15, -0.1) is 0 Å². The summed E-state index contributed by atoms with van der Waals surface area (Å²) in [6.45, 7) is -0.143. The third kappa shape index (κ3) is 4.45. The van der Waals surface area contributed by atoms with E-state index in [-0.39, 0.29) is 18.8 Å². The molecular formula is C11H16N5O6P. The predicted octanol–water partition coefficient (Wildman–Crippen LogP) is -0.336. The molecule has 0 fully saturated rings. The van der Waals surface area contributed by atoms with E-state index in [1.54, 1.807) is 0 Å². The van der Waals surface area contributed by atoms with Crippen molar-refractivity contribution >= 4 is 30.5 Å². The fraction of sp³-hybridized carbons (Fsp3) is 0.455. The minimum Gasteiger partial charge on any atom is -0.469 e. The quantitative estimate of drug-likeness (QED) is 0.447. The van der Waals surface area contributed by atoms with E-state index in [9.17, 15) is 9.36 Å². The molecule has 2 rings (SSSR count). The smallest absolute Gasteiger partial charge is 0.350 e. The number of nitrogens with two attached hydrogens (primary N) is 1. The molecule has 11 nitrogen and oxygen atoms in total. The molecule has 2 heterocycles. The molecule has 0 bridgehead atoms. The van der Waals surface area contributed by atoms with E-state index in [1.807, 2.05) is 0 Å². The maximum absolute atomic E-state index is 11.6. The van der Waals surface area contributed by atoms with E-state index in [1.165, 1.54) is 24.3 Å². The van der Waals surface area contributed by atoms with Gasteiger partial charge in [0.2, 0.25) is 0 Å². The number of esters is 1. The second-order valence-electron chi connectivity index (χ2n) is 4.68. The average molecular weight is 345 g/mol. The fourth-order valence-electron chi connectivity index (χ4n) is 1.96. The average Bonchev–Trinajstić information content (AvgIpc) is 2.90. The lowest BCUT2D eigenvalue weighted by atomic mass is 10.2. The summed E-state index contributed by atoms with van der Waals surface area (Å²) in [6, 6.07) is -0.617. The monoisotopic (exact) mass is 345 g/mol. The molecule has 0 aromatic carbocycles. The normalized spacial score (nSPS) is 13.2. The Bertz CT molecular complexity index is 744. The van der Waals surface area contributed by atoms with E-state index in [2.05, 4.69) is 19.7 Å². The summed E-state index contributed by atoms with van der Waals surface area (Å²) in [4.78, 5) is 41.2. The van der Waals surface area contributed by atoms with Crippen molar-refractivity contribution in [1.29, 1.82) is 0 Å². The molecule has 1 atom stereocenters.